The van der Waals surface area contributed by atoms with E-state index in [1.807, 2.05) is 0 Å². The number of amides is 2. The minimum Gasteiger partial charge on any atom is -0.508 e. The summed E-state index contributed by atoms with van der Waals surface area (Å²) in [6.45, 7) is 3.64. The number of aromatic hydroxyl groups is 1. The second-order valence-electron chi connectivity index (χ2n) is 6.48. The monoisotopic (exact) mass is 513 g/mol. The standard InChI is InChI=1S/C18H13BrCl2F3NO4/c1-2-9-5-6-16(20)14(27)25(8-19)15(28)17(16,21)13(9)11-7-10(3-4-12(11)26)29-18(22,23)24/h2-5,7,13,26H,1,6,8H2. The Morgan fingerprint density at radius 3 is 2.55 bits per heavy atom. The lowest BCUT2D eigenvalue weighted by Gasteiger charge is -2.42. The van der Waals surface area contributed by atoms with E-state index >= 15 is 0 Å². The number of likely N-dealkylation sites (tertiary alicyclic amines) is 1. The SMILES string of the molecule is C=CC1=CCC2(Cl)C(=O)N(CBr)C(=O)C2(Cl)C1c1cc(OC(F)(F)F)ccc1O. The van der Waals surface area contributed by atoms with E-state index in [9.17, 15) is 27.9 Å². The van der Waals surface area contributed by atoms with Gasteiger partial charge in [0.15, 0.2) is 9.75 Å². The zero-order chi connectivity index (χ0) is 21.8. The number of hydrogen-bond acceptors (Lipinski definition) is 4. The van der Waals surface area contributed by atoms with Gasteiger partial charge in [-0.3, -0.25) is 14.5 Å². The Morgan fingerprint density at radius 1 is 1.34 bits per heavy atom. The highest BCUT2D eigenvalue weighted by Gasteiger charge is 2.72. The number of rotatable bonds is 4. The fourth-order valence-corrected chi connectivity index (χ4v) is 5.01. The molecule has 3 atom stereocenters. The quantitative estimate of drug-likeness (QED) is 0.363. The second kappa shape index (κ2) is 7.21. The molecule has 3 unspecified atom stereocenters. The molecule has 1 fully saturated rings. The number of fused-ring (bicyclic) bond motifs is 1. The number of phenolic OH excluding ortho intramolecular Hbond substituents is 1. The van der Waals surface area contributed by atoms with E-state index in [-0.39, 0.29) is 17.4 Å². The Labute approximate surface area is 181 Å². The first-order chi connectivity index (χ1) is 13.4. The molecule has 0 spiro atoms. The molecule has 0 aromatic heterocycles. The summed E-state index contributed by atoms with van der Waals surface area (Å²) in [5, 5.41) is 10.4. The first kappa shape index (κ1) is 22.0. The van der Waals surface area contributed by atoms with Crippen molar-refractivity contribution >= 4 is 50.9 Å². The van der Waals surface area contributed by atoms with Crippen molar-refractivity contribution < 1.29 is 32.6 Å². The molecule has 3 rings (SSSR count). The molecule has 5 nitrogen and oxygen atoms in total. The number of alkyl halides is 6. The van der Waals surface area contributed by atoms with Gasteiger partial charge in [-0.15, -0.1) is 36.4 Å². The van der Waals surface area contributed by atoms with E-state index in [0.717, 1.165) is 23.1 Å². The van der Waals surface area contributed by atoms with Crippen LogP contribution in [0.3, 0.4) is 0 Å². The molecular formula is C18H13BrCl2F3NO4. The van der Waals surface area contributed by atoms with Crippen LogP contribution in [0.2, 0.25) is 0 Å². The second-order valence-corrected chi connectivity index (χ2v) is 8.23. The van der Waals surface area contributed by atoms with Crippen molar-refractivity contribution in [3.63, 3.8) is 0 Å². The fraction of sp³-hybridized carbons (Fsp3) is 0.333. The molecule has 29 heavy (non-hydrogen) atoms. The number of phenols is 1. The number of allylic oxidation sites excluding steroid dienone is 3. The van der Waals surface area contributed by atoms with Crippen molar-refractivity contribution in [2.24, 2.45) is 0 Å². The maximum absolute atomic E-state index is 13.1. The van der Waals surface area contributed by atoms with Crippen LogP contribution in [0.25, 0.3) is 0 Å². The summed E-state index contributed by atoms with van der Waals surface area (Å²) in [6, 6.07) is 2.80. The molecule has 1 saturated heterocycles. The first-order valence-corrected chi connectivity index (χ1v) is 9.99. The van der Waals surface area contributed by atoms with Gasteiger partial charge in [0.1, 0.15) is 11.5 Å². The predicted octanol–water partition coefficient (Wildman–Crippen LogP) is 4.57. The van der Waals surface area contributed by atoms with Crippen molar-refractivity contribution in [2.45, 2.75) is 28.4 Å². The lowest BCUT2D eigenvalue weighted by Crippen LogP contribution is -2.54. The third kappa shape index (κ3) is 3.23. The molecule has 1 aromatic rings. The van der Waals surface area contributed by atoms with Gasteiger partial charge in [-0.1, -0.05) is 34.7 Å². The number of benzene rings is 1. The maximum atomic E-state index is 13.1. The van der Waals surface area contributed by atoms with Crippen LogP contribution in [0.5, 0.6) is 11.5 Å². The number of ether oxygens (including phenoxy) is 1. The number of halogens is 6. The third-order valence-corrected chi connectivity index (χ3v) is 6.88. The normalized spacial score (nSPS) is 29.5. The smallest absolute Gasteiger partial charge is 0.508 e. The lowest BCUT2D eigenvalue weighted by molar-refractivity contribution is -0.274. The molecule has 11 heteroatoms. The third-order valence-electron chi connectivity index (χ3n) is 4.97. The van der Waals surface area contributed by atoms with Crippen molar-refractivity contribution in [3.8, 4) is 11.5 Å². The summed E-state index contributed by atoms with van der Waals surface area (Å²) >= 11 is 16.3. The number of nitrogens with zero attached hydrogens (tertiary/aromatic N) is 1. The van der Waals surface area contributed by atoms with Gasteiger partial charge in [0.25, 0.3) is 11.8 Å². The topological polar surface area (TPSA) is 66.8 Å². The number of carbonyl (C=O) groups excluding carboxylic acids is 2. The van der Waals surface area contributed by atoms with Gasteiger partial charge in [0.2, 0.25) is 0 Å². The lowest BCUT2D eigenvalue weighted by atomic mass is 9.68. The summed E-state index contributed by atoms with van der Waals surface area (Å²) in [5.41, 5.74) is -0.00374. The Balaban J connectivity index is 2.24. The van der Waals surface area contributed by atoms with Crippen LogP contribution < -0.4 is 4.74 Å². The Morgan fingerprint density at radius 2 is 2.00 bits per heavy atom. The van der Waals surface area contributed by atoms with Crippen molar-refractivity contribution in [1.29, 1.82) is 0 Å². The molecule has 156 valence electrons. The fourth-order valence-electron chi connectivity index (χ4n) is 3.69. The summed E-state index contributed by atoms with van der Waals surface area (Å²) < 4.78 is 41.9. The van der Waals surface area contributed by atoms with Gasteiger partial charge in [-0.25, -0.2) is 0 Å². The molecule has 0 radical (unpaired) electrons. The molecule has 1 aliphatic heterocycles. The highest BCUT2D eigenvalue weighted by atomic mass is 79.9. The molecule has 2 aliphatic rings. The Bertz CT molecular complexity index is 938. The number of imide groups is 1. The van der Waals surface area contributed by atoms with E-state index in [2.05, 4.69) is 27.2 Å². The average Bonchev–Trinajstić information content (AvgIpc) is 2.79. The molecule has 1 N–H and O–H groups in total. The number of hydrogen-bond donors (Lipinski definition) is 1. The molecule has 1 heterocycles. The number of carbonyl (C=O) groups is 2. The largest absolute Gasteiger partial charge is 0.573 e. The summed E-state index contributed by atoms with van der Waals surface area (Å²) in [5.74, 6) is -3.92. The van der Waals surface area contributed by atoms with Crippen LogP contribution in [-0.4, -0.2) is 43.4 Å². The van der Waals surface area contributed by atoms with Crippen molar-refractivity contribution in [1.82, 2.24) is 4.90 Å². The van der Waals surface area contributed by atoms with Crippen LogP contribution >= 0.6 is 39.1 Å². The predicted molar refractivity (Wildman–Crippen MR) is 103 cm³/mol. The van der Waals surface area contributed by atoms with Gasteiger partial charge in [-0.2, -0.15) is 0 Å². The minimum absolute atomic E-state index is 0.108. The van der Waals surface area contributed by atoms with Gasteiger partial charge < -0.3 is 9.84 Å². The summed E-state index contributed by atoms with van der Waals surface area (Å²) in [6.07, 6.45) is -2.22. The van der Waals surface area contributed by atoms with Crippen LogP contribution in [0.4, 0.5) is 13.2 Å². The average molecular weight is 515 g/mol. The molecule has 2 amide bonds. The van der Waals surface area contributed by atoms with Gasteiger partial charge in [-0.05, 0) is 30.2 Å². The van der Waals surface area contributed by atoms with E-state index in [1.165, 1.54) is 12.2 Å². The van der Waals surface area contributed by atoms with Crippen LogP contribution in [0.15, 0.2) is 42.5 Å². The molecule has 0 saturated carbocycles. The zero-order valence-electron chi connectivity index (χ0n) is 14.5. The highest BCUT2D eigenvalue weighted by molar-refractivity contribution is 9.09. The molecule has 1 aromatic carbocycles. The van der Waals surface area contributed by atoms with Crippen molar-refractivity contribution in [2.75, 3.05) is 5.45 Å². The van der Waals surface area contributed by atoms with Crippen LogP contribution in [0, 0.1) is 0 Å². The van der Waals surface area contributed by atoms with E-state index in [1.54, 1.807) is 0 Å². The Kier molecular flexibility index (Phi) is 5.47. The van der Waals surface area contributed by atoms with Gasteiger partial charge in [0.05, 0.1) is 5.45 Å². The minimum atomic E-state index is -4.97. The Hall–Kier alpha value is -1.71. The van der Waals surface area contributed by atoms with Gasteiger partial charge >= 0.3 is 6.36 Å². The molecule has 1 aliphatic carbocycles. The van der Waals surface area contributed by atoms with Gasteiger partial charge in [0, 0.05) is 11.5 Å². The highest BCUT2D eigenvalue weighted by Crippen LogP contribution is 2.60. The van der Waals surface area contributed by atoms with Crippen LogP contribution in [0.1, 0.15) is 17.9 Å². The summed E-state index contributed by atoms with van der Waals surface area (Å²) in [4.78, 5) is 22.7. The van der Waals surface area contributed by atoms with Crippen molar-refractivity contribution in [3.05, 3.63) is 48.1 Å². The maximum Gasteiger partial charge on any atom is 0.573 e. The van der Waals surface area contributed by atoms with E-state index in [4.69, 9.17) is 23.2 Å². The first-order valence-electron chi connectivity index (χ1n) is 8.12. The zero-order valence-corrected chi connectivity index (χ0v) is 17.6. The van der Waals surface area contributed by atoms with E-state index in [0.29, 0.717) is 5.57 Å². The van der Waals surface area contributed by atoms with E-state index < -0.39 is 45.3 Å². The molecule has 0 bridgehead atoms. The summed E-state index contributed by atoms with van der Waals surface area (Å²) in [7, 11) is 0. The molecular weight excluding hydrogens is 502 g/mol. The van der Waals surface area contributed by atoms with Crippen LogP contribution in [-0.2, 0) is 9.59 Å².